The van der Waals surface area contributed by atoms with Gasteiger partial charge in [-0.15, -0.1) is 24.8 Å². The molecule has 1 aromatic carbocycles. The number of benzene rings is 1. The molecule has 3 aromatic rings. The van der Waals surface area contributed by atoms with Gasteiger partial charge >= 0.3 is 0 Å². The van der Waals surface area contributed by atoms with Crippen molar-refractivity contribution in [3.05, 3.63) is 41.3 Å². The summed E-state index contributed by atoms with van der Waals surface area (Å²) in [7, 11) is 0.556. The number of nitrogens with zero attached hydrogens (tertiary/aromatic N) is 3. The van der Waals surface area contributed by atoms with E-state index in [0.717, 1.165) is 38.0 Å². The van der Waals surface area contributed by atoms with Crippen LogP contribution in [0.15, 0.2) is 35.4 Å². The number of hydrogen-bond acceptors (Lipinski definition) is 7. The summed E-state index contributed by atoms with van der Waals surface area (Å²) in [5.41, 5.74) is 2.05. The molecule has 0 unspecified atom stereocenters. The first-order valence-corrected chi connectivity index (χ1v) is 12.9. The van der Waals surface area contributed by atoms with Crippen molar-refractivity contribution >= 4 is 63.0 Å². The smallest absolute Gasteiger partial charge is 0.179 e. The maximum Gasteiger partial charge on any atom is 0.179 e. The summed E-state index contributed by atoms with van der Waals surface area (Å²) in [6, 6.07) is 6.51. The summed E-state index contributed by atoms with van der Waals surface area (Å²) in [5, 5.41) is 12.9. The van der Waals surface area contributed by atoms with Gasteiger partial charge in [0, 0.05) is 30.1 Å². The van der Waals surface area contributed by atoms with Crippen molar-refractivity contribution in [2.24, 2.45) is 0 Å². The van der Waals surface area contributed by atoms with E-state index in [1.54, 1.807) is 12.1 Å². The summed E-state index contributed by atoms with van der Waals surface area (Å²) in [6.07, 6.45) is 6.30. The van der Waals surface area contributed by atoms with Crippen LogP contribution in [0.3, 0.4) is 0 Å². The molecule has 7 nitrogen and oxygen atoms in total. The molecule has 1 fully saturated rings. The number of pyridine rings is 2. The highest BCUT2D eigenvalue weighted by Gasteiger charge is 2.26. The van der Waals surface area contributed by atoms with Crippen LogP contribution in [0.25, 0.3) is 22.3 Å². The number of aromatic hydroxyl groups is 1. The lowest BCUT2D eigenvalue weighted by atomic mass is 9.90. The van der Waals surface area contributed by atoms with Crippen molar-refractivity contribution in [3.8, 4) is 17.0 Å². The highest BCUT2D eigenvalue weighted by atomic mass is 35.5. The third-order valence-corrected chi connectivity index (χ3v) is 7.56. The summed E-state index contributed by atoms with van der Waals surface area (Å²) in [6.45, 7) is 0. The van der Waals surface area contributed by atoms with Gasteiger partial charge in [-0.3, -0.25) is 4.98 Å². The molecule has 4 rings (SSSR count). The molecular weight excluding hydrogens is 538 g/mol. The van der Waals surface area contributed by atoms with Crippen LogP contribution >= 0.6 is 36.4 Å². The minimum Gasteiger partial charge on any atom is -0.504 e. The van der Waals surface area contributed by atoms with Crippen LogP contribution in [-0.2, 0) is 9.84 Å². The van der Waals surface area contributed by atoms with Gasteiger partial charge in [0.2, 0.25) is 0 Å². The Bertz CT molecular complexity index is 1290. The Morgan fingerprint density at radius 2 is 1.80 bits per heavy atom. The summed E-state index contributed by atoms with van der Waals surface area (Å²) < 4.78 is 39.2. The number of phenols is 1. The first kappa shape index (κ1) is 29.3. The average molecular weight is 566 g/mol. The largest absolute Gasteiger partial charge is 0.504 e. The van der Waals surface area contributed by atoms with Gasteiger partial charge in [-0.05, 0) is 64.0 Å². The Labute approximate surface area is 221 Å². The first-order valence-electron chi connectivity index (χ1n) is 10.7. The zero-order valence-electron chi connectivity index (χ0n) is 19.5. The highest BCUT2D eigenvalue weighted by molar-refractivity contribution is 7.90. The fourth-order valence-electron chi connectivity index (χ4n) is 4.28. The predicted molar refractivity (Wildman–Crippen MR) is 143 cm³/mol. The van der Waals surface area contributed by atoms with E-state index < -0.39 is 21.4 Å². The molecule has 2 aromatic heterocycles. The van der Waals surface area contributed by atoms with Gasteiger partial charge in [0.05, 0.1) is 21.9 Å². The minimum atomic E-state index is -3.58. The average Bonchev–Trinajstić information content (AvgIpc) is 2.76. The number of aromatic nitrogens is 2. The molecule has 35 heavy (non-hydrogen) atoms. The van der Waals surface area contributed by atoms with Crippen LogP contribution in [-0.4, -0.2) is 60.8 Å². The maximum atomic E-state index is 14.1. The molecule has 1 aliphatic rings. The lowest BCUT2D eigenvalue weighted by Gasteiger charge is -2.33. The molecule has 192 valence electrons. The number of rotatable bonds is 5. The van der Waals surface area contributed by atoms with Gasteiger partial charge in [-0.1, -0.05) is 11.6 Å². The van der Waals surface area contributed by atoms with Crippen LogP contribution in [0.4, 0.5) is 10.1 Å². The van der Waals surface area contributed by atoms with Crippen molar-refractivity contribution < 1.29 is 17.9 Å². The van der Waals surface area contributed by atoms with E-state index in [2.05, 4.69) is 34.3 Å². The molecule has 1 saturated carbocycles. The number of anilines is 1. The van der Waals surface area contributed by atoms with Crippen molar-refractivity contribution in [2.45, 2.75) is 42.7 Å². The molecular formula is C23H28Cl3FN4O3S. The molecule has 0 atom stereocenters. The topological polar surface area (TPSA) is 95.4 Å². The fraction of sp³-hybridized carbons (Fsp3) is 0.391. The third-order valence-electron chi connectivity index (χ3n) is 6.17. The van der Waals surface area contributed by atoms with Crippen molar-refractivity contribution in [2.75, 3.05) is 25.7 Å². The molecule has 0 spiro atoms. The van der Waals surface area contributed by atoms with Crippen LogP contribution in [0, 0.1) is 5.82 Å². The molecule has 0 amide bonds. The van der Waals surface area contributed by atoms with Gasteiger partial charge in [0.25, 0.3) is 0 Å². The second-order valence-corrected chi connectivity index (χ2v) is 11.1. The standard InChI is InChI=1S/C23H26ClFN4O3S.2ClH/c1-29(2)15-6-4-14(5-7-15)27-22-20(33(3,31)32)12-26-19-9-8-18(28-21(19)22)13-10-16(24)23(30)17(25)11-13;;/h8-12,14-15,30H,4-7H2,1-3H3,(H,26,27);2*1H/t14-,15-;;. The van der Waals surface area contributed by atoms with E-state index >= 15 is 0 Å². The number of phenolic OH excluding ortho intramolecular Hbond substituents is 1. The zero-order chi connectivity index (χ0) is 23.9. The quantitative estimate of drug-likeness (QED) is 0.432. The summed E-state index contributed by atoms with van der Waals surface area (Å²) in [5.74, 6) is -1.49. The van der Waals surface area contributed by atoms with Crippen LogP contribution in [0.1, 0.15) is 25.7 Å². The second kappa shape index (κ2) is 11.4. The Balaban J connectivity index is 0.00000216. The molecule has 0 radical (unpaired) electrons. The summed E-state index contributed by atoms with van der Waals surface area (Å²) >= 11 is 5.94. The van der Waals surface area contributed by atoms with Gasteiger partial charge < -0.3 is 15.3 Å². The van der Waals surface area contributed by atoms with Gasteiger partial charge in [-0.25, -0.2) is 17.8 Å². The van der Waals surface area contributed by atoms with Crippen molar-refractivity contribution in [3.63, 3.8) is 0 Å². The molecule has 0 saturated heterocycles. The van der Waals surface area contributed by atoms with E-state index in [0.29, 0.717) is 34.0 Å². The number of hydrogen-bond donors (Lipinski definition) is 2. The maximum absolute atomic E-state index is 14.1. The Morgan fingerprint density at radius 3 is 2.37 bits per heavy atom. The minimum absolute atomic E-state index is 0. The second-order valence-electron chi connectivity index (χ2n) is 8.74. The molecule has 0 aliphatic heterocycles. The number of fused-ring (bicyclic) bond motifs is 1. The van der Waals surface area contributed by atoms with Gasteiger partial charge in [0.1, 0.15) is 10.4 Å². The van der Waals surface area contributed by atoms with E-state index in [9.17, 15) is 17.9 Å². The number of nitrogens with one attached hydrogen (secondary N) is 1. The fourth-order valence-corrected chi connectivity index (χ4v) is 5.26. The van der Waals surface area contributed by atoms with E-state index in [1.165, 1.54) is 12.3 Å². The lowest BCUT2D eigenvalue weighted by molar-refractivity contribution is 0.221. The highest BCUT2D eigenvalue weighted by Crippen LogP contribution is 2.35. The van der Waals surface area contributed by atoms with E-state index in [1.807, 2.05) is 0 Å². The molecule has 2 heterocycles. The first-order chi connectivity index (χ1) is 15.5. The monoisotopic (exact) mass is 564 g/mol. The zero-order valence-corrected chi connectivity index (χ0v) is 22.7. The van der Waals surface area contributed by atoms with Crippen LogP contribution in [0.2, 0.25) is 5.02 Å². The normalized spacial score (nSPS) is 18.1. The molecule has 2 N–H and O–H groups in total. The number of sulfone groups is 1. The molecule has 12 heteroatoms. The Kier molecular flexibility index (Phi) is 9.58. The Hall–Kier alpha value is -1.91. The van der Waals surface area contributed by atoms with Crippen molar-refractivity contribution in [1.82, 2.24) is 14.9 Å². The van der Waals surface area contributed by atoms with E-state index in [-0.39, 0.29) is 40.8 Å². The Morgan fingerprint density at radius 1 is 1.14 bits per heavy atom. The lowest BCUT2D eigenvalue weighted by Crippen LogP contribution is -2.36. The molecule has 0 bridgehead atoms. The number of halogens is 4. The SMILES string of the molecule is CN(C)[C@H]1CC[C@H](Nc2c(S(C)(=O)=O)cnc3ccc(-c4cc(F)c(O)c(Cl)c4)nc23)CC1.Cl.Cl. The van der Waals surface area contributed by atoms with Gasteiger partial charge in [0.15, 0.2) is 21.4 Å². The predicted octanol–water partition coefficient (Wildman–Crippen LogP) is 5.33. The van der Waals surface area contributed by atoms with Crippen LogP contribution in [0.5, 0.6) is 5.75 Å². The van der Waals surface area contributed by atoms with Gasteiger partial charge in [-0.2, -0.15) is 0 Å². The molecule has 1 aliphatic carbocycles. The van der Waals surface area contributed by atoms with Crippen LogP contribution < -0.4 is 5.32 Å². The van der Waals surface area contributed by atoms with E-state index in [4.69, 9.17) is 11.6 Å². The third kappa shape index (κ3) is 6.27. The summed E-state index contributed by atoms with van der Waals surface area (Å²) in [4.78, 5) is 11.2. The van der Waals surface area contributed by atoms with Crippen molar-refractivity contribution in [1.29, 1.82) is 0 Å².